The van der Waals surface area contributed by atoms with Crippen LogP contribution in [0.15, 0.2) is 36.0 Å². The molecule has 0 unspecified atom stereocenters. The third-order valence-corrected chi connectivity index (χ3v) is 2.41. The van der Waals surface area contributed by atoms with Gasteiger partial charge >= 0.3 is 0 Å². The first-order valence-corrected chi connectivity index (χ1v) is 4.70. The van der Waals surface area contributed by atoms with Crippen LogP contribution >= 0.6 is 11.6 Å². The van der Waals surface area contributed by atoms with Crippen molar-refractivity contribution in [3.63, 3.8) is 0 Å². The van der Waals surface area contributed by atoms with Gasteiger partial charge in [0, 0.05) is 11.6 Å². The molecule has 72 valence electrons. The lowest BCUT2D eigenvalue weighted by atomic mass is 10.2. The van der Waals surface area contributed by atoms with E-state index in [0.29, 0.717) is 0 Å². The molecule has 0 amide bonds. The maximum atomic E-state index is 13.3. The molecule has 0 aliphatic rings. The molecule has 2 aromatic rings. The highest BCUT2D eigenvalue weighted by Crippen LogP contribution is 2.24. The predicted molar refractivity (Wildman–Crippen MR) is 57.9 cm³/mol. The summed E-state index contributed by atoms with van der Waals surface area (Å²) in [5.74, 6) is -0.462. The molecule has 14 heavy (non-hydrogen) atoms. The predicted octanol–water partition coefficient (Wildman–Crippen LogP) is 3.91. The van der Waals surface area contributed by atoms with E-state index in [0.717, 1.165) is 22.0 Å². The molecular weight excluding hydrogens is 201 g/mol. The number of nitrogens with zero attached hydrogens (tertiary/aromatic N) is 1. The van der Waals surface area contributed by atoms with Crippen LogP contribution in [0.1, 0.15) is 5.56 Å². The van der Waals surface area contributed by atoms with Crippen LogP contribution in [0.5, 0.6) is 0 Å². The second kappa shape index (κ2) is 3.46. The molecule has 0 fully saturated rings. The van der Waals surface area contributed by atoms with Crippen LogP contribution in [-0.2, 0) is 0 Å². The van der Waals surface area contributed by atoms with Crippen molar-refractivity contribution in [2.45, 2.75) is 6.92 Å². The van der Waals surface area contributed by atoms with E-state index < -0.39 is 5.95 Å². The van der Waals surface area contributed by atoms with Gasteiger partial charge in [0.05, 0.1) is 11.1 Å². The molecule has 1 aromatic carbocycles. The summed E-state index contributed by atoms with van der Waals surface area (Å²) in [6.45, 7) is 1.94. The normalized spacial score (nSPS) is 12.4. The van der Waals surface area contributed by atoms with Gasteiger partial charge < -0.3 is 0 Å². The monoisotopic (exact) mass is 209 g/mol. The van der Waals surface area contributed by atoms with E-state index in [4.69, 9.17) is 11.6 Å². The van der Waals surface area contributed by atoms with Gasteiger partial charge in [0.25, 0.3) is 0 Å². The molecule has 0 aliphatic heterocycles. The highest BCUT2D eigenvalue weighted by molar-refractivity contribution is 6.27. The summed E-state index contributed by atoms with van der Waals surface area (Å²) in [4.78, 5) is 0. The number of rotatable bonds is 1. The highest BCUT2D eigenvalue weighted by atomic mass is 35.5. The summed E-state index contributed by atoms with van der Waals surface area (Å²) >= 11 is 5.34. The second-order valence-electron chi connectivity index (χ2n) is 3.13. The topological polar surface area (TPSA) is 4.93 Å². The fraction of sp³-hybridized carbons (Fsp3) is 0.0909. The number of hydrogen-bond acceptors (Lipinski definition) is 0. The SMILES string of the molecule is Cc1cn(/C(F)=C\Cl)c2ccccc12. The third kappa shape index (κ3) is 1.32. The minimum Gasteiger partial charge on any atom is -0.292 e. The lowest BCUT2D eigenvalue weighted by molar-refractivity contribution is 0.698. The molecule has 0 saturated heterocycles. The number of aryl methyl sites for hydroxylation is 1. The summed E-state index contributed by atoms with van der Waals surface area (Å²) < 4.78 is 14.7. The van der Waals surface area contributed by atoms with E-state index in [9.17, 15) is 4.39 Å². The molecule has 0 spiro atoms. The third-order valence-electron chi connectivity index (χ3n) is 2.23. The molecule has 1 heterocycles. The number of fused-ring (bicyclic) bond motifs is 1. The van der Waals surface area contributed by atoms with Crippen molar-refractivity contribution >= 4 is 28.5 Å². The minimum absolute atomic E-state index is 0.462. The summed E-state index contributed by atoms with van der Waals surface area (Å²) in [6, 6.07) is 7.63. The van der Waals surface area contributed by atoms with E-state index in [2.05, 4.69) is 0 Å². The van der Waals surface area contributed by atoms with Crippen LogP contribution in [0.4, 0.5) is 4.39 Å². The number of halogens is 2. The maximum absolute atomic E-state index is 13.3. The quantitative estimate of drug-likeness (QED) is 0.671. The van der Waals surface area contributed by atoms with Crippen molar-refractivity contribution in [1.82, 2.24) is 4.57 Å². The zero-order chi connectivity index (χ0) is 10.1. The Kier molecular flexibility index (Phi) is 2.30. The molecule has 0 radical (unpaired) electrons. The summed E-state index contributed by atoms with van der Waals surface area (Å²) in [7, 11) is 0. The van der Waals surface area contributed by atoms with Crippen LogP contribution in [0.3, 0.4) is 0 Å². The van der Waals surface area contributed by atoms with Crippen molar-refractivity contribution in [2.24, 2.45) is 0 Å². The first-order valence-electron chi connectivity index (χ1n) is 4.27. The van der Waals surface area contributed by atoms with Gasteiger partial charge in [-0.05, 0) is 18.6 Å². The molecule has 0 saturated carbocycles. The Labute approximate surface area is 86.4 Å². The summed E-state index contributed by atoms with van der Waals surface area (Å²) in [6.07, 6.45) is 1.74. The first kappa shape index (κ1) is 9.28. The fourth-order valence-electron chi connectivity index (χ4n) is 1.58. The number of hydrogen-bond donors (Lipinski definition) is 0. The first-order chi connectivity index (χ1) is 6.74. The Morgan fingerprint density at radius 3 is 2.86 bits per heavy atom. The van der Waals surface area contributed by atoms with Crippen LogP contribution in [0, 0.1) is 6.92 Å². The smallest absolute Gasteiger partial charge is 0.209 e. The van der Waals surface area contributed by atoms with Crippen molar-refractivity contribution in [3.05, 3.63) is 41.6 Å². The molecule has 1 aromatic heterocycles. The van der Waals surface area contributed by atoms with Crippen molar-refractivity contribution in [3.8, 4) is 0 Å². The Balaban J connectivity index is 2.79. The molecule has 2 rings (SSSR count). The van der Waals surface area contributed by atoms with Gasteiger partial charge in [-0.3, -0.25) is 4.57 Å². The second-order valence-corrected chi connectivity index (χ2v) is 3.35. The van der Waals surface area contributed by atoms with E-state index in [1.54, 1.807) is 6.20 Å². The Bertz CT molecular complexity index is 499. The zero-order valence-electron chi connectivity index (χ0n) is 7.67. The molecule has 0 atom stereocenters. The number of para-hydroxylation sites is 1. The minimum atomic E-state index is -0.462. The van der Waals surface area contributed by atoms with Crippen molar-refractivity contribution in [1.29, 1.82) is 0 Å². The van der Waals surface area contributed by atoms with Gasteiger partial charge in [0.1, 0.15) is 0 Å². The van der Waals surface area contributed by atoms with E-state index in [1.807, 2.05) is 31.2 Å². The largest absolute Gasteiger partial charge is 0.292 e. The highest BCUT2D eigenvalue weighted by Gasteiger charge is 2.06. The van der Waals surface area contributed by atoms with Crippen molar-refractivity contribution < 1.29 is 4.39 Å². The lowest BCUT2D eigenvalue weighted by Gasteiger charge is -1.99. The van der Waals surface area contributed by atoms with E-state index >= 15 is 0 Å². The number of benzene rings is 1. The lowest BCUT2D eigenvalue weighted by Crippen LogP contribution is -1.87. The van der Waals surface area contributed by atoms with Gasteiger partial charge in [-0.2, -0.15) is 4.39 Å². The van der Waals surface area contributed by atoms with E-state index in [1.165, 1.54) is 4.57 Å². The maximum Gasteiger partial charge on any atom is 0.209 e. The van der Waals surface area contributed by atoms with Crippen molar-refractivity contribution in [2.75, 3.05) is 0 Å². The standard InChI is InChI=1S/C11H9ClFN/c1-8-7-14(11(13)6-12)10-5-3-2-4-9(8)10/h2-7H,1H3/b11-6-. The van der Waals surface area contributed by atoms with Crippen LogP contribution in [0.2, 0.25) is 0 Å². The van der Waals surface area contributed by atoms with Crippen LogP contribution in [-0.4, -0.2) is 4.57 Å². The van der Waals surface area contributed by atoms with E-state index in [-0.39, 0.29) is 0 Å². The Hall–Kier alpha value is -1.28. The average molecular weight is 210 g/mol. The molecular formula is C11H9ClFN. The molecule has 1 nitrogen and oxygen atoms in total. The van der Waals surface area contributed by atoms with Crippen LogP contribution in [0.25, 0.3) is 16.9 Å². The molecule has 0 N–H and O–H groups in total. The van der Waals surface area contributed by atoms with Gasteiger partial charge in [-0.1, -0.05) is 29.8 Å². The Morgan fingerprint density at radius 1 is 1.43 bits per heavy atom. The molecule has 0 aliphatic carbocycles. The number of aromatic nitrogens is 1. The van der Waals surface area contributed by atoms with Gasteiger partial charge in [-0.15, -0.1) is 0 Å². The average Bonchev–Trinajstić information content (AvgIpc) is 2.56. The fourth-order valence-corrected chi connectivity index (χ4v) is 1.68. The van der Waals surface area contributed by atoms with Gasteiger partial charge in [-0.25, -0.2) is 0 Å². The summed E-state index contributed by atoms with van der Waals surface area (Å²) in [5.41, 5.74) is 2.81. The molecule has 3 heteroatoms. The summed E-state index contributed by atoms with van der Waals surface area (Å²) in [5, 5.41) is 1.04. The zero-order valence-corrected chi connectivity index (χ0v) is 8.42. The van der Waals surface area contributed by atoms with Gasteiger partial charge in [0.15, 0.2) is 0 Å². The molecule has 0 bridgehead atoms. The van der Waals surface area contributed by atoms with Gasteiger partial charge in [0.2, 0.25) is 5.95 Å². The Morgan fingerprint density at radius 2 is 2.14 bits per heavy atom. The van der Waals surface area contributed by atoms with Crippen LogP contribution < -0.4 is 0 Å².